The molecule has 2 aromatic rings. The zero-order valence-corrected chi connectivity index (χ0v) is 24.4. The first-order valence-corrected chi connectivity index (χ1v) is 14.6. The Morgan fingerprint density at radius 2 is 1.71 bits per heavy atom. The monoisotopic (exact) mass is 667 g/mol. The van der Waals surface area contributed by atoms with Gasteiger partial charge in [-0.2, -0.15) is 38.1 Å². The topological polar surface area (TPSA) is 29.1 Å². The molecular weight excluding hydrogens is 645 g/mol. The van der Waals surface area contributed by atoms with E-state index in [0.29, 0.717) is 25.0 Å². The molecule has 2 aromatic carbocycles. The molecule has 0 bridgehead atoms. The van der Waals surface area contributed by atoms with Crippen LogP contribution in [0.3, 0.4) is 0 Å². The number of hydrogen-bond donors (Lipinski definition) is 1. The van der Waals surface area contributed by atoms with Crippen LogP contribution in [0, 0.1) is 5.92 Å². The summed E-state index contributed by atoms with van der Waals surface area (Å²) in [4.78, 5) is 12.9. The number of carbonyl (C=O) groups excluding carboxylic acids is 1. The van der Waals surface area contributed by atoms with Crippen LogP contribution < -0.4 is 5.32 Å². The van der Waals surface area contributed by atoms with Gasteiger partial charge in [0.15, 0.2) is 0 Å². The lowest BCUT2D eigenvalue weighted by Crippen LogP contribution is -2.37. The highest BCUT2D eigenvalue weighted by molar-refractivity contribution is 7.99. The number of halogens is 11. The van der Waals surface area contributed by atoms with Gasteiger partial charge < -0.3 is 5.32 Å². The van der Waals surface area contributed by atoms with Crippen molar-refractivity contribution >= 4 is 58.5 Å². The Hall–Kier alpha value is -1.69. The number of allylic oxidation sites excluding steroid dienone is 1. The molecular formula is C27H24Cl3F8NOS. The average molecular weight is 669 g/mol. The predicted octanol–water partition coefficient (Wildman–Crippen LogP) is 10.3. The Morgan fingerprint density at radius 3 is 2.22 bits per heavy atom. The number of carbonyl (C=O) groups is 1. The first kappa shape index (κ1) is 33.8. The Balaban J connectivity index is 1.83. The van der Waals surface area contributed by atoms with Gasteiger partial charge in [0.05, 0.1) is 32.1 Å². The molecule has 14 heteroatoms. The van der Waals surface area contributed by atoms with Crippen molar-refractivity contribution in [1.29, 1.82) is 0 Å². The zero-order valence-electron chi connectivity index (χ0n) is 21.3. The minimum Gasteiger partial charge on any atom is -0.348 e. The van der Waals surface area contributed by atoms with E-state index in [1.165, 1.54) is 11.8 Å². The van der Waals surface area contributed by atoms with Gasteiger partial charge in [-0.05, 0) is 41.8 Å². The maximum absolute atomic E-state index is 13.9. The van der Waals surface area contributed by atoms with Crippen LogP contribution in [0.1, 0.15) is 59.2 Å². The van der Waals surface area contributed by atoms with Gasteiger partial charge in [-0.25, -0.2) is 8.78 Å². The molecule has 0 aliphatic heterocycles. The van der Waals surface area contributed by atoms with E-state index in [2.05, 4.69) is 5.32 Å². The molecule has 1 aliphatic rings. The summed E-state index contributed by atoms with van der Waals surface area (Å²) in [5, 5.41) is 1.94. The molecule has 226 valence electrons. The molecule has 1 fully saturated rings. The van der Waals surface area contributed by atoms with Gasteiger partial charge in [0.2, 0.25) is 0 Å². The third kappa shape index (κ3) is 9.15. The van der Waals surface area contributed by atoms with Crippen molar-refractivity contribution in [3.8, 4) is 0 Å². The van der Waals surface area contributed by atoms with Crippen molar-refractivity contribution in [1.82, 2.24) is 5.32 Å². The van der Waals surface area contributed by atoms with E-state index >= 15 is 0 Å². The van der Waals surface area contributed by atoms with Crippen LogP contribution >= 0.6 is 46.6 Å². The quantitative estimate of drug-likeness (QED) is 0.191. The second kappa shape index (κ2) is 13.3. The fourth-order valence-corrected chi connectivity index (χ4v) is 6.01. The molecule has 1 saturated carbocycles. The molecule has 2 unspecified atom stereocenters. The molecule has 0 saturated heterocycles. The van der Waals surface area contributed by atoms with Crippen LogP contribution in [0.2, 0.25) is 15.1 Å². The standard InChI is InChI=1S/C27H24Cl3F8NOS/c1-2-3-17(13-41-12-16-11-25(16,31)32)39-24(40)18-6-4-14(8-20(18)27(36,37)38)5-7-19(26(33,34)35)15-9-21(28)23(30)22(29)10-15/h4-10,16-17,19H,2-3,11-13H2,1H3,(H,39,40)/b7-5+/t16?,17-,19?/m1/s1. The molecule has 0 aromatic heterocycles. The van der Waals surface area contributed by atoms with Crippen LogP contribution in [0.25, 0.3) is 6.08 Å². The SMILES string of the molecule is CCC[C@H](CSCC1CC1(F)F)NC(=O)c1ccc(/C=C/C(c2cc(Cl)c(Cl)c(Cl)c2)C(F)(F)F)cc1C(F)(F)F. The minimum absolute atomic E-state index is 0.144. The first-order chi connectivity index (χ1) is 18.9. The number of alkyl halides is 8. The molecule has 2 nitrogen and oxygen atoms in total. The average Bonchev–Trinajstić information content (AvgIpc) is 3.46. The molecule has 1 amide bonds. The van der Waals surface area contributed by atoms with Gasteiger partial charge >= 0.3 is 12.4 Å². The van der Waals surface area contributed by atoms with Crippen LogP contribution in [-0.2, 0) is 6.18 Å². The summed E-state index contributed by atoms with van der Waals surface area (Å²) in [6, 6.07) is 3.93. The largest absolute Gasteiger partial charge is 0.417 e. The summed E-state index contributed by atoms with van der Waals surface area (Å²) in [6.45, 7) is 1.81. The molecule has 1 aliphatic carbocycles. The maximum atomic E-state index is 13.9. The number of rotatable bonds is 11. The molecule has 3 rings (SSSR count). The summed E-state index contributed by atoms with van der Waals surface area (Å²) in [6.07, 6.45) is -7.52. The van der Waals surface area contributed by atoms with Crippen molar-refractivity contribution in [3.63, 3.8) is 0 Å². The van der Waals surface area contributed by atoms with Crippen LogP contribution in [0.15, 0.2) is 36.4 Å². The lowest BCUT2D eigenvalue weighted by atomic mass is 9.96. The third-order valence-corrected chi connectivity index (χ3v) is 8.83. The molecule has 0 spiro atoms. The summed E-state index contributed by atoms with van der Waals surface area (Å²) in [5.41, 5.74) is -2.65. The molecule has 0 radical (unpaired) electrons. The smallest absolute Gasteiger partial charge is 0.348 e. The van der Waals surface area contributed by atoms with Crippen molar-refractivity contribution in [2.45, 2.75) is 56.4 Å². The number of thioether (sulfide) groups is 1. The first-order valence-electron chi connectivity index (χ1n) is 12.3. The van der Waals surface area contributed by atoms with E-state index in [0.717, 1.165) is 30.3 Å². The van der Waals surface area contributed by atoms with Gasteiger partial charge in [-0.3, -0.25) is 4.79 Å². The third-order valence-electron chi connectivity index (χ3n) is 6.36. The maximum Gasteiger partial charge on any atom is 0.417 e. The van der Waals surface area contributed by atoms with Crippen LogP contribution in [0.4, 0.5) is 35.1 Å². The van der Waals surface area contributed by atoms with Crippen molar-refractivity contribution in [3.05, 3.63) is 73.7 Å². The van der Waals surface area contributed by atoms with Gasteiger partial charge in [-0.15, -0.1) is 0 Å². The van der Waals surface area contributed by atoms with Gasteiger partial charge in [0.25, 0.3) is 11.8 Å². The van der Waals surface area contributed by atoms with E-state index in [9.17, 15) is 39.9 Å². The zero-order chi connectivity index (χ0) is 30.8. The van der Waals surface area contributed by atoms with E-state index in [-0.39, 0.29) is 44.1 Å². The summed E-state index contributed by atoms with van der Waals surface area (Å²) >= 11 is 18.7. The van der Waals surface area contributed by atoms with Crippen molar-refractivity contribution in [2.75, 3.05) is 11.5 Å². The minimum atomic E-state index is -5.00. The predicted molar refractivity (Wildman–Crippen MR) is 147 cm³/mol. The highest BCUT2D eigenvalue weighted by Gasteiger charge is 2.56. The van der Waals surface area contributed by atoms with E-state index in [1.807, 2.05) is 0 Å². The lowest BCUT2D eigenvalue weighted by Gasteiger charge is -2.20. The second-order valence-corrected chi connectivity index (χ2v) is 11.9. The summed E-state index contributed by atoms with van der Waals surface area (Å²) in [5.74, 6) is -6.31. The van der Waals surface area contributed by atoms with Crippen molar-refractivity contribution < 1.29 is 39.9 Å². The van der Waals surface area contributed by atoms with E-state index in [1.54, 1.807) is 6.92 Å². The Labute approximate surface area is 250 Å². The highest BCUT2D eigenvalue weighted by atomic mass is 35.5. The van der Waals surface area contributed by atoms with Crippen LogP contribution in [-0.4, -0.2) is 35.6 Å². The fraction of sp³-hybridized carbons (Fsp3) is 0.444. The summed E-state index contributed by atoms with van der Waals surface area (Å²) in [7, 11) is 0. The van der Waals surface area contributed by atoms with E-state index < -0.39 is 53.2 Å². The van der Waals surface area contributed by atoms with Gasteiger partial charge in [-0.1, -0.05) is 66.4 Å². The van der Waals surface area contributed by atoms with E-state index in [4.69, 9.17) is 34.8 Å². The summed E-state index contributed by atoms with van der Waals surface area (Å²) < 4.78 is 109. The Morgan fingerprint density at radius 1 is 1.10 bits per heavy atom. The normalized spacial score (nSPS) is 18.4. The number of amides is 1. The number of nitrogens with one attached hydrogen (secondary N) is 1. The number of benzene rings is 2. The molecule has 41 heavy (non-hydrogen) atoms. The lowest BCUT2D eigenvalue weighted by molar-refractivity contribution is -0.139. The molecule has 0 heterocycles. The Bertz CT molecular complexity index is 1260. The number of hydrogen-bond acceptors (Lipinski definition) is 2. The highest BCUT2D eigenvalue weighted by Crippen LogP contribution is 2.50. The second-order valence-electron chi connectivity index (χ2n) is 9.64. The Kier molecular flexibility index (Phi) is 11.0. The molecule has 3 atom stereocenters. The fourth-order valence-electron chi connectivity index (χ4n) is 4.08. The van der Waals surface area contributed by atoms with Gasteiger partial charge in [0.1, 0.15) is 0 Å². The van der Waals surface area contributed by atoms with Crippen LogP contribution in [0.5, 0.6) is 0 Å². The van der Waals surface area contributed by atoms with Crippen molar-refractivity contribution in [2.24, 2.45) is 5.92 Å². The van der Waals surface area contributed by atoms with Gasteiger partial charge in [0, 0.05) is 29.9 Å². The molecule has 1 N–H and O–H groups in total.